The van der Waals surface area contributed by atoms with Gasteiger partial charge in [0.1, 0.15) is 0 Å². The number of hydrogen-bond donors (Lipinski definition) is 0. The molecule has 0 aliphatic rings. The molecule has 0 saturated carbocycles. The fourth-order valence-electron chi connectivity index (χ4n) is 1.98. The van der Waals surface area contributed by atoms with Crippen molar-refractivity contribution in [1.82, 2.24) is 0 Å². The van der Waals surface area contributed by atoms with Crippen molar-refractivity contribution in [3.63, 3.8) is 0 Å². The molecule has 0 atom stereocenters. The van der Waals surface area contributed by atoms with Gasteiger partial charge in [-0.1, -0.05) is 108 Å². The lowest BCUT2D eigenvalue weighted by Crippen LogP contribution is -1.80. The molecule has 1 heteroatoms. The summed E-state index contributed by atoms with van der Waals surface area (Å²) in [5.41, 5.74) is 0. The first-order chi connectivity index (χ1) is 9.31. The van der Waals surface area contributed by atoms with Crippen LogP contribution >= 0.6 is 11.6 Å². The van der Waals surface area contributed by atoms with Crippen molar-refractivity contribution >= 4 is 11.6 Å². The van der Waals surface area contributed by atoms with E-state index in [1.807, 2.05) is 30.3 Å². The minimum absolute atomic E-state index is 0.794. The summed E-state index contributed by atoms with van der Waals surface area (Å²) in [6.45, 7) is 4.56. The van der Waals surface area contributed by atoms with Crippen LogP contribution in [0.2, 0.25) is 5.02 Å². The van der Waals surface area contributed by atoms with E-state index in [0.29, 0.717) is 0 Å². The fraction of sp³-hybridized carbons (Fsp3) is 0.667. The maximum Gasteiger partial charge on any atom is 0.0405 e. The lowest BCUT2D eigenvalue weighted by molar-refractivity contribution is 0.562. The topological polar surface area (TPSA) is 0 Å². The molecule has 1 aromatic rings. The molecule has 0 saturated heterocycles. The van der Waals surface area contributed by atoms with Gasteiger partial charge in [-0.25, -0.2) is 0 Å². The Bertz CT molecular complexity index is 246. The Morgan fingerprint density at radius 1 is 0.632 bits per heavy atom. The van der Waals surface area contributed by atoms with Gasteiger partial charge >= 0.3 is 0 Å². The molecule has 0 fully saturated rings. The van der Waals surface area contributed by atoms with Crippen LogP contribution in [0.25, 0.3) is 0 Å². The van der Waals surface area contributed by atoms with Gasteiger partial charge in [-0.3, -0.25) is 0 Å². The average Bonchev–Trinajstić information content (AvgIpc) is 2.43. The van der Waals surface area contributed by atoms with Gasteiger partial charge in [0.2, 0.25) is 0 Å². The Labute approximate surface area is 125 Å². The van der Waals surface area contributed by atoms with Gasteiger partial charge in [-0.05, 0) is 12.1 Å². The van der Waals surface area contributed by atoms with Crippen molar-refractivity contribution in [2.45, 2.75) is 78.1 Å². The summed E-state index contributed by atoms with van der Waals surface area (Å²) in [5, 5.41) is 0.794. The Balaban J connectivity index is 0.000000388. The van der Waals surface area contributed by atoms with Crippen molar-refractivity contribution in [1.29, 1.82) is 0 Å². The summed E-state index contributed by atoms with van der Waals surface area (Å²) < 4.78 is 0. The molecule has 0 radical (unpaired) electrons. The van der Waals surface area contributed by atoms with E-state index >= 15 is 0 Å². The molecule has 0 unspecified atom stereocenters. The van der Waals surface area contributed by atoms with Crippen LogP contribution in [0.15, 0.2) is 30.3 Å². The molecule has 19 heavy (non-hydrogen) atoms. The smallest absolute Gasteiger partial charge is 0.0405 e. The zero-order valence-electron chi connectivity index (χ0n) is 12.8. The minimum atomic E-state index is 0.794. The van der Waals surface area contributed by atoms with Crippen LogP contribution < -0.4 is 0 Å². The third-order valence-corrected chi connectivity index (χ3v) is 3.44. The van der Waals surface area contributed by atoms with Gasteiger partial charge in [0, 0.05) is 5.02 Å². The molecule has 1 rings (SSSR count). The Morgan fingerprint density at radius 2 is 1.00 bits per heavy atom. The van der Waals surface area contributed by atoms with Gasteiger partial charge in [0.15, 0.2) is 0 Å². The molecule has 0 aliphatic heterocycles. The maximum atomic E-state index is 5.54. The second kappa shape index (κ2) is 15.6. The van der Waals surface area contributed by atoms with Crippen molar-refractivity contribution < 1.29 is 0 Å². The van der Waals surface area contributed by atoms with E-state index in [4.69, 9.17) is 11.6 Å². The first-order valence-electron chi connectivity index (χ1n) is 8.01. The zero-order valence-corrected chi connectivity index (χ0v) is 13.6. The SMILES string of the molecule is CCCCCCCCCCCC.Clc1ccccc1. The van der Waals surface area contributed by atoms with Crippen molar-refractivity contribution in [2.24, 2.45) is 0 Å². The van der Waals surface area contributed by atoms with E-state index in [2.05, 4.69) is 13.8 Å². The molecule has 110 valence electrons. The minimum Gasteiger partial charge on any atom is -0.0843 e. The predicted molar refractivity (Wildman–Crippen MR) is 89.0 cm³/mol. The van der Waals surface area contributed by atoms with Crippen molar-refractivity contribution in [3.8, 4) is 0 Å². The first-order valence-corrected chi connectivity index (χ1v) is 8.39. The summed E-state index contributed by atoms with van der Waals surface area (Å²) in [6.07, 6.45) is 14.4. The summed E-state index contributed by atoms with van der Waals surface area (Å²) >= 11 is 5.54. The van der Waals surface area contributed by atoms with Crippen molar-refractivity contribution in [2.75, 3.05) is 0 Å². The number of unbranched alkanes of at least 4 members (excludes halogenated alkanes) is 9. The second-order valence-electron chi connectivity index (χ2n) is 5.12. The molecule has 1 aromatic carbocycles. The second-order valence-corrected chi connectivity index (χ2v) is 5.56. The van der Waals surface area contributed by atoms with Crippen LogP contribution in [0.4, 0.5) is 0 Å². The standard InChI is InChI=1S/C12H26.C6H5Cl/c1-3-5-7-9-11-12-10-8-6-4-2;7-6-4-2-1-3-5-6/h3-12H2,1-2H3;1-5H. The van der Waals surface area contributed by atoms with Crippen LogP contribution in [0, 0.1) is 0 Å². The lowest BCUT2D eigenvalue weighted by Gasteiger charge is -1.99. The average molecular weight is 283 g/mol. The Kier molecular flexibility index (Phi) is 15.2. The molecule has 0 aliphatic carbocycles. The Morgan fingerprint density at radius 3 is 1.26 bits per heavy atom. The number of benzene rings is 1. The van der Waals surface area contributed by atoms with Crippen LogP contribution in [-0.2, 0) is 0 Å². The molecule has 0 bridgehead atoms. The van der Waals surface area contributed by atoms with E-state index in [1.54, 1.807) is 0 Å². The van der Waals surface area contributed by atoms with Crippen LogP contribution in [0.5, 0.6) is 0 Å². The van der Waals surface area contributed by atoms with E-state index in [1.165, 1.54) is 64.2 Å². The summed E-state index contributed by atoms with van der Waals surface area (Å²) in [5.74, 6) is 0. The number of hydrogen-bond acceptors (Lipinski definition) is 0. The largest absolute Gasteiger partial charge is 0.0843 e. The highest BCUT2D eigenvalue weighted by molar-refractivity contribution is 6.30. The molecular weight excluding hydrogens is 252 g/mol. The van der Waals surface area contributed by atoms with Crippen LogP contribution in [-0.4, -0.2) is 0 Å². The van der Waals surface area contributed by atoms with Crippen LogP contribution in [0.1, 0.15) is 78.1 Å². The highest BCUT2D eigenvalue weighted by Crippen LogP contribution is 2.09. The quantitative estimate of drug-likeness (QED) is 0.418. The molecule has 0 nitrogen and oxygen atoms in total. The lowest BCUT2D eigenvalue weighted by atomic mass is 10.1. The third kappa shape index (κ3) is 15.5. The summed E-state index contributed by atoms with van der Waals surface area (Å²) in [6, 6.07) is 9.44. The van der Waals surface area contributed by atoms with E-state index < -0.39 is 0 Å². The van der Waals surface area contributed by atoms with E-state index in [9.17, 15) is 0 Å². The van der Waals surface area contributed by atoms with Gasteiger partial charge in [0.05, 0.1) is 0 Å². The fourth-order valence-corrected chi connectivity index (χ4v) is 2.12. The van der Waals surface area contributed by atoms with Gasteiger partial charge in [-0.15, -0.1) is 0 Å². The van der Waals surface area contributed by atoms with Crippen LogP contribution in [0.3, 0.4) is 0 Å². The van der Waals surface area contributed by atoms with Gasteiger partial charge in [-0.2, -0.15) is 0 Å². The normalized spacial score (nSPS) is 9.84. The molecule has 0 N–H and O–H groups in total. The predicted octanol–water partition coefficient (Wildman–Crippen LogP) is 7.27. The third-order valence-electron chi connectivity index (χ3n) is 3.19. The van der Waals surface area contributed by atoms with Gasteiger partial charge in [0.25, 0.3) is 0 Å². The molecule has 0 heterocycles. The van der Waals surface area contributed by atoms with E-state index in [0.717, 1.165) is 5.02 Å². The Hall–Kier alpha value is -0.490. The molecule has 0 amide bonds. The molecule has 0 spiro atoms. The molecule has 0 aromatic heterocycles. The highest BCUT2D eigenvalue weighted by Gasteiger charge is 1.90. The van der Waals surface area contributed by atoms with Crippen molar-refractivity contribution in [3.05, 3.63) is 35.4 Å². The highest BCUT2D eigenvalue weighted by atomic mass is 35.5. The maximum absolute atomic E-state index is 5.54. The van der Waals surface area contributed by atoms with E-state index in [-0.39, 0.29) is 0 Å². The zero-order chi connectivity index (χ0) is 14.2. The number of halogens is 1. The van der Waals surface area contributed by atoms with Gasteiger partial charge < -0.3 is 0 Å². The summed E-state index contributed by atoms with van der Waals surface area (Å²) in [4.78, 5) is 0. The molecular formula is C18H31Cl. The monoisotopic (exact) mass is 282 g/mol. The number of rotatable bonds is 9. The first kappa shape index (κ1) is 18.5. The summed E-state index contributed by atoms with van der Waals surface area (Å²) in [7, 11) is 0.